The molecule has 2 fully saturated rings. The number of thioether (sulfide) groups is 1. The predicted molar refractivity (Wildman–Crippen MR) is 113 cm³/mol. The van der Waals surface area contributed by atoms with Crippen molar-refractivity contribution < 1.29 is 19.1 Å². The van der Waals surface area contributed by atoms with Crippen molar-refractivity contribution in [2.75, 3.05) is 40.0 Å². The number of nitrogens with one attached hydrogen (secondary N) is 1. The van der Waals surface area contributed by atoms with Crippen LogP contribution in [0.4, 0.5) is 0 Å². The van der Waals surface area contributed by atoms with Crippen LogP contribution >= 0.6 is 24.0 Å². The lowest BCUT2D eigenvalue weighted by Gasteiger charge is -2.27. The SMILES string of the molecule is COc1cccc(C=C2SC(=S)N(CCCC(=O)NN3CCOCC3)C2=O)c1. The zero-order valence-electron chi connectivity index (χ0n) is 15.7. The third-order valence-electron chi connectivity index (χ3n) is 4.34. The van der Waals surface area contributed by atoms with Crippen molar-refractivity contribution in [2.45, 2.75) is 12.8 Å². The molecule has 2 aliphatic rings. The quantitative estimate of drug-likeness (QED) is 0.534. The van der Waals surface area contributed by atoms with Gasteiger partial charge >= 0.3 is 0 Å². The molecule has 2 saturated heterocycles. The Morgan fingerprint density at radius 3 is 2.93 bits per heavy atom. The van der Waals surface area contributed by atoms with E-state index < -0.39 is 0 Å². The monoisotopic (exact) mass is 421 g/mol. The average molecular weight is 422 g/mol. The van der Waals surface area contributed by atoms with E-state index >= 15 is 0 Å². The highest BCUT2D eigenvalue weighted by molar-refractivity contribution is 8.26. The number of benzene rings is 1. The number of nitrogens with zero attached hydrogens (tertiary/aromatic N) is 2. The van der Waals surface area contributed by atoms with E-state index in [4.69, 9.17) is 21.7 Å². The maximum absolute atomic E-state index is 12.7. The number of carbonyl (C=O) groups excluding carboxylic acids is 2. The van der Waals surface area contributed by atoms with Gasteiger partial charge < -0.3 is 9.47 Å². The van der Waals surface area contributed by atoms with E-state index in [1.807, 2.05) is 35.4 Å². The Kier molecular flexibility index (Phi) is 7.43. The molecule has 0 atom stereocenters. The number of morpholine rings is 1. The van der Waals surface area contributed by atoms with Gasteiger partial charge in [0.25, 0.3) is 5.91 Å². The van der Waals surface area contributed by atoms with Crippen LogP contribution in [0.3, 0.4) is 0 Å². The topological polar surface area (TPSA) is 71.1 Å². The normalized spacial score (nSPS) is 19.3. The molecule has 0 radical (unpaired) electrons. The van der Waals surface area contributed by atoms with Crippen LogP contribution in [0.1, 0.15) is 18.4 Å². The number of ether oxygens (including phenoxy) is 2. The predicted octanol–water partition coefficient (Wildman–Crippen LogP) is 2.04. The van der Waals surface area contributed by atoms with Gasteiger partial charge in [0.15, 0.2) is 0 Å². The Labute approximate surface area is 174 Å². The minimum Gasteiger partial charge on any atom is -0.497 e. The first-order valence-corrected chi connectivity index (χ1v) is 10.3. The summed E-state index contributed by atoms with van der Waals surface area (Å²) in [4.78, 5) is 26.9. The summed E-state index contributed by atoms with van der Waals surface area (Å²) in [6, 6.07) is 7.50. The molecule has 0 spiro atoms. The summed E-state index contributed by atoms with van der Waals surface area (Å²) in [6.45, 7) is 3.05. The van der Waals surface area contributed by atoms with Gasteiger partial charge in [-0.3, -0.25) is 19.9 Å². The van der Waals surface area contributed by atoms with Crippen LogP contribution in [0, 0.1) is 0 Å². The fraction of sp³-hybridized carbons (Fsp3) is 0.421. The second kappa shape index (κ2) is 10.0. The van der Waals surface area contributed by atoms with E-state index in [0.717, 1.165) is 11.3 Å². The number of hydrogen-bond donors (Lipinski definition) is 1. The van der Waals surface area contributed by atoms with Crippen LogP contribution in [0.15, 0.2) is 29.2 Å². The molecule has 1 aromatic rings. The van der Waals surface area contributed by atoms with Crippen molar-refractivity contribution in [1.29, 1.82) is 0 Å². The van der Waals surface area contributed by atoms with Crippen LogP contribution in [0.2, 0.25) is 0 Å². The van der Waals surface area contributed by atoms with Crippen molar-refractivity contribution in [2.24, 2.45) is 0 Å². The molecule has 0 saturated carbocycles. The van der Waals surface area contributed by atoms with E-state index in [-0.39, 0.29) is 11.8 Å². The van der Waals surface area contributed by atoms with E-state index in [9.17, 15) is 9.59 Å². The Morgan fingerprint density at radius 1 is 1.39 bits per heavy atom. The molecule has 2 aliphatic heterocycles. The molecule has 0 unspecified atom stereocenters. The summed E-state index contributed by atoms with van der Waals surface area (Å²) in [5.74, 6) is 0.557. The van der Waals surface area contributed by atoms with E-state index in [2.05, 4.69) is 5.43 Å². The Hall–Kier alpha value is -1.94. The Morgan fingerprint density at radius 2 is 2.18 bits per heavy atom. The van der Waals surface area contributed by atoms with Crippen LogP contribution in [-0.2, 0) is 14.3 Å². The van der Waals surface area contributed by atoms with Crippen molar-refractivity contribution in [3.63, 3.8) is 0 Å². The van der Waals surface area contributed by atoms with Gasteiger partial charge in [-0.05, 0) is 30.2 Å². The Balaban J connectivity index is 1.50. The first-order chi connectivity index (χ1) is 13.6. The summed E-state index contributed by atoms with van der Waals surface area (Å²) in [5, 5.41) is 1.86. The van der Waals surface area contributed by atoms with Gasteiger partial charge in [0.05, 0.1) is 25.2 Å². The molecule has 7 nitrogen and oxygen atoms in total. The molecular formula is C19H23N3O4S2. The molecule has 0 aromatic heterocycles. The number of amides is 2. The van der Waals surface area contributed by atoms with Gasteiger partial charge in [0, 0.05) is 26.1 Å². The summed E-state index contributed by atoms with van der Waals surface area (Å²) < 4.78 is 11.0. The van der Waals surface area contributed by atoms with E-state index in [1.165, 1.54) is 11.8 Å². The summed E-state index contributed by atoms with van der Waals surface area (Å²) in [6.07, 6.45) is 2.70. The van der Waals surface area contributed by atoms with Crippen molar-refractivity contribution in [3.05, 3.63) is 34.7 Å². The molecule has 150 valence electrons. The molecule has 9 heteroatoms. The smallest absolute Gasteiger partial charge is 0.266 e. The van der Waals surface area contributed by atoms with E-state index in [0.29, 0.717) is 54.9 Å². The highest BCUT2D eigenvalue weighted by Crippen LogP contribution is 2.33. The van der Waals surface area contributed by atoms with Crippen molar-refractivity contribution in [1.82, 2.24) is 15.3 Å². The highest BCUT2D eigenvalue weighted by Gasteiger charge is 2.31. The van der Waals surface area contributed by atoms with Gasteiger partial charge in [0.2, 0.25) is 5.91 Å². The second-order valence-electron chi connectivity index (χ2n) is 6.35. The molecule has 2 amide bonds. The summed E-state index contributed by atoms with van der Waals surface area (Å²) >= 11 is 6.63. The van der Waals surface area contributed by atoms with Crippen LogP contribution in [0.5, 0.6) is 5.75 Å². The molecule has 1 aromatic carbocycles. The number of methoxy groups -OCH3 is 1. The molecule has 28 heavy (non-hydrogen) atoms. The largest absolute Gasteiger partial charge is 0.497 e. The first kappa shape index (κ1) is 20.8. The lowest BCUT2D eigenvalue weighted by atomic mass is 10.2. The third kappa shape index (κ3) is 5.54. The first-order valence-electron chi connectivity index (χ1n) is 9.08. The zero-order chi connectivity index (χ0) is 19.9. The number of thiocarbonyl (C=S) groups is 1. The fourth-order valence-corrected chi connectivity index (χ4v) is 4.19. The number of carbonyl (C=O) groups is 2. The van der Waals surface area contributed by atoms with Crippen LogP contribution in [0.25, 0.3) is 6.08 Å². The number of hydrazine groups is 1. The van der Waals surface area contributed by atoms with Crippen molar-refractivity contribution >= 4 is 46.2 Å². The van der Waals surface area contributed by atoms with Crippen LogP contribution in [-0.4, -0.2) is 66.0 Å². The third-order valence-corrected chi connectivity index (χ3v) is 5.72. The molecule has 3 rings (SSSR count). The average Bonchev–Trinajstić information content (AvgIpc) is 2.96. The second-order valence-corrected chi connectivity index (χ2v) is 8.02. The lowest BCUT2D eigenvalue weighted by molar-refractivity contribution is -0.128. The Bertz CT molecular complexity index is 778. The zero-order valence-corrected chi connectivity index (χ0v) is 17.3. The molecule has 2 heterocycles. The maximum atomic E-state index is 12.7. The minimum absolute atomic E-state index is 0.0562. The molecular weight excluding hydrogens is 398 g/mol. The van der Waals surface area contributed by atoms with Crippen LogP contribution < -0.4 is 10.2 Å². The molecule has 0 aliphatic carbocycles. The van der Waals surface area contributed by atoms with E-state index in [1.54, 1.807) is 12.0 Å². The van der Waals surface area contributed by atoms with Gasteiger partial charge in [-0.1, -0.05) is 36.1 Å². The lowest BCUT2D eigenvalue weighted by Crippen LogP contribution is -2.48. The van der Waals surface area contributed by atoms with Gasteiger partial charge in [-0.25, -0.2) is 5.01 Å². The highest BCUT2D eigenvalue weighted by atomic mass is 32.2. The maximum Gasteiger partial charge on any atom is 0.266 e. The standard InChI is InChI=1S/C19H23N3O4S2/c1-25-15-5-2-4-14(12-15)13-16-18(24)22(19(27)28-16)7-3-6-17(23)20-21-8-10-26-11-9-21/h2,4-5,12-13H,3,6-11H2,1H3,(H,20,23). The number of hydrogen-bond acceptors (Lipinski definition) is 7. The fourth-order valence-electron chi connectivity index (χ4n) is 2.88. The summed E-state index contributed by atoms with van der Waals surface area (Å²) in [5.41, 5.74) is 3.75. The minimum atomic E-state index is -0.119. The number of rotatable bonds is 7. The van der Waals surface area contributed by atoms with Gasteiger partial charge in [-0.15, -0.1) is 0 Å². The van der Waals surface area contributed by atoms with Gasteiger partial charge in [0.1, 0.15) is 10.1 Å². The summed E-state index contributed by atoms with van der Waals surface area (Å²) in [7, 11) is 1.60. The van der Waals surface area contributed by atoms with Gasteiger partial charge in [-0.2, -0.15) is 0 Å². The van der Waals surface area contributed by atoms with Crippen molar-refractivity contribution in [3.8, 4) is 5.75 Å². The molecule has 0 bridgehead atoms. The molecule has 1 N–H and O–H groups in total.